The summed E-state index contributed by atoms with van der Waals surface area (Å²) in [5.74, 6) is -1.48. The first-order chi connectivity index (χ1) is 15.5. The van der Waals surface area contributed by atoms with Crippen molar-refractivity contribution in [3.63, 3.8) is 0 Å². The first-order valence-corrected chi connectivity index (χ1v) is 10.0. The lowest BCUT2D eigenvalue weighted by Gasteiger charge is -2.21. The minimum Gasteiger partial charge on any atom is -0.368 e. The van der Waals surface area contributed by atoms with Gasteiger partial charge in [-0.2, -0.15) is 0 Å². The van der Waals surface area contributed by atoms with E-state index in [9.17, 15) is 14.4 Å². The molecule has 9 heteroatoms. The second-order valence-electron chi connectivity index (χ2n) is 7.72. The molecule has 5 heterocycles. The van der Waals surface area contributed by atoms with Gasteiger partial charge in [-0.3, -0.25) is 29.1 Å². The van der Waals surface area contributed by atoms with E-state index in [1.807, 2.05) is 36.4 Å². The van der Waals surface area contributed by atoms with Crippen LogP contribution in [0.25, 0.3) is 11.2 Å². The lowest BCUT2D eigenvalue weighted by Crippen LogP contribution is -2.39. The zero-order valence-electron chi connectivity index (χ0n) is 16.6. The van der Waals surface area contributed by atoms with Crippen LogP contribution in [0.1, 0.15) is 16.8 Å². The number of rotatable bonds is 3. The third-order valence-corrected chi connectivity index (χ3v) is 5.98. The highest BCUT2D eigenvalue weighted by Crippen LogP contribution is 2.40. The number of nitrogens with two attached hydrogens (primary N) is 1. The molecule has 0 saturated heterocycles. The number of hydrogen-bond acceptors (Lipinski definition) is 6. The highest BCUT2D eigenvalue weighted by atomic mass is 16.2. The van der Waals surface area contributed by atoms with Crippen LogP contribution in [0.5, 0.6) is 0 Å². The lowest BCUT2D eigenvalue weighted by molar-refractivity contribution is -0.123. The van der Waals surface area contributed by atoms with E-state index >= 15 is 0 Å². The molecule has 3 amide bonds. The molecule has 3 aromatic rings. The van der Waals surface area contributed by atoms with Crippen molar-refractivity contribution in [1.82, 2.24) is 14.7 Å². The number of aliphatic imine (C=N–C) groups is 1. The number of amides is 3. The number of nitrogens with zero attached hydrogens (tertiary/aromatic N) is 4. The molecular formula is C23H16N6O3. The number of pyridine rings is 1. The fourth-order valence-electron chi connectivity index (χ4n) is 4.62. The Bertz CT molecular complexity index is 1460. The monoisotopic (exact) mass is 424 g/mol. The van der Waals surface area contributed by atoms with Crippen LogP contribution in [0.2, 0.25) is 0 Å². The van der Waals surface area contributed by atoms with Crippen molar-refractivity contribution in [2.24, 2.45) is 10.7 Å². The van der Waals surface area contributed by atoms with Crippen molar-refractivity contribution in [3.8, 4) is 0 Å². The average molecular weight is 424 g/mol. The van der Waals surface area contributed by atoms with Crippen LogP contribution in [0.3, 0.4) is 0 Å². The van der Waals surface area contributed by atoms with Crippen LogP contribution in [0.15, 0.2) is 71.8 Å². The predicted molar refractivity (Wildman–Crippen MR) is 117 cm³/mol. The first-order valence-electron chi connectivity index (χ1n) is 10.0. The van der Waals surface area contributed by atoms with E-state index in [0.29, 0.717) is 29.0 Å². The molecule has 3 aliphatic heterocycles. The van der Waals surface area contributed by atoms with E-state index in [1.165, 1.54) is 6.20 Å². The number of imide groups is 1. The van der Waals surface area contributed by atoms with Crippen molar-refractivity contribution >= 4 is 40.3 Å². The molecule has 1 aromatic carbocycles. The van der Waals surface area contributed by atoms with Gasteiger partial charge in [0.25, 0.3) is 11.8 Å². The summed E-state index contributed by atoms with van der Waals surface area (Å²) in [7, 11) is 0. The fraction of sp³-hybridized carbons (Fsp3) is 0.0870. The minimum absolute atomic E-state index is 0.170. The van der Waals surface area contributed by atoms with Gasteiger partial charge in [-0.05, 0) is 17.7 Å². The fourth-order valence-corrected chi connectivity index (χ4v) is 4.62. The van der Waals surface area contributed by atoms with Crippen LogP contribution in [0.4, 0.5) is 5.69 Å². The minimum atomic E-state index is -0.539. The highest BCUT2D eigenvalue weighted by Gasteiger charge is 2.40. The number of benzene rings is 1. The molecule has 9 nitrogen and oxygen atoms in total. The van der Waals surface area contributed by atoms with Gasteiger partial charge in [-0.15, -0.1) is 0 Å². The van der Waals surface area contributed by atoms with E-state index in [2.05, 4.69) is 15.3 Å². The quantitative estimate of drug-likeness (QED) is 0.606. The maximum atomic E-state index is 13.0. The molecule has 0 spiro atoms. The summed E-state index contributed by atoms with van der Waals surface area (Å²) < 4.78 is 1.76. The van der Waals surface area contributed by atoms with E-state index in [-0.39, 0.29) is 11.1 Å². The van der Waals surface area contributed by atoms with E-state index in [4.69, 9.17) is 5.73 Å². The van der Waals surface area contributed by atoms with Gasteiger partial charge in [0, 0.05) is 30.6 Å². The second kappa shape index (κ2) is 6.48. The summed E-state index contributed by atoms with van der Waals surface area (Å²) in [5, 5.41) is 2.40. The van der Waals surface area contributed by atoms with Gasteiger partial charge in [-0.25, -0.2) is 4.98 Å². The molecule has 0 fully saturated rings. The summed E-state index contributed by atoms with van der Waals surface area (Å²) in [4.78, 5) is 48.6. The molecule has 0 bridgehead atoms. The number of aromatic nitrogens is 2. The Morgan fingerprint density at radius 2 is 1.94 bits per heavy atom. The number of imidazole rings is 1. The number of hydrogen-bond donors (Lipinski definition) is 2. The maximum absolute atomic E-state index is 13.0. The van der Waals surface area contributed by atoms with Crippen molar-refractivity contribution < 1.29 is 14.4 Å². The van der Waals surface area contributed by atoms with Gasteiger partial charge in [0.05, 0.1) is 34.4 Å². The van der Waals surface area contributed by atoms with Crippen molar-refractivity contribution in [3.05, 3.63) is 83.6 Å². The van der Waals surface area contributed by atoms with Gasteiger partial charge < -0.3 is 10.6 Å². The molecule has 0 saturated carbocycles. The normalized spacial score (nSPS) is 19.3. The zero-order valence-corrected chi connectivity index (χ0v) is 16.6. The Kier molecular flexibility index (Phi) is 3.70. The molecular weight excluding hydrogens is 408 g/mol. The van der Waals surface area contributed by atoms with Crippen LogP contribution in [-0.4, -0.2) is 38.9 Å². The molecule has 0 radical (unpaired) electrons. The SMILES string of the molecule is NC(=O)C1Cc2cccc3c2N1C=CN=C3C1=C(c2cnc3ccccn23)C(=O)NC1=O. The molecule has 32 heavy (non-hydrogen) atoms. The van der Waals surface area contributed by atoms with Crippen LogP contribution in [0, 0.1) is 0 Å². The number of fused-ring (bicyclic) bond motifs is 1. The topological polar surface area (TPSA) is 122 Å². The van der Waals surface area contributed by atoms with Crippen LogP contribution >= 0.6 is 0 Å². The predicted octanol–water partition coefficient (Wildman–Crippen LogP) is 0.935. The Balaban J connectivity index is 1.60. The number of nitrogens with one attached hydrogen (secondary N) is 1. The van der Waals surface area contributed by atoms with E-state index in [0.717, 1.165) is 11.3 Å². The molecule has 6 rings (SSSR count). The van der Waals surface area contributed by atoms with Crippen LogP contribution < -0.4 is 16.0 Å². The molecule has 2 aromatic heterocycles. The van der Waals surface area contributed by atoms with E-state index in [1.54, 1.807) is 27.9 Å². The van der Waals surface area contributed by atoms with Crippen molar-refractivity contribution in [2.75, 3.05) is 4.90 Å². The lowest BCUT2D eigenvalue weighted by atomic mass is 9.94. The highest BCUT2D eigenvalue weighted by molar-refractivity contribution is 6.47. The van der Waals surface area contributed by atoms with Gasteiger partial charge in [0.1, 0.15) is 11.7 Å². The molecule has 1 unspecified atom stereocenters. The zero-order chi connectivity index (χ0) is 22.0. The van der Waals surface area contributed by atoms with E-state index < -0.39 is 23.8 Å². The molecule has 156 valence electrons. The van der Waals surface area contributed by atoms with Crippen molar-refractivity contribution in [1.29, 1.82) is 0 Å². The van der Waals surface area contributed by atoms with Gasteiger partial charge in [-0.1, -0.05) is 24.3 Å². The standard InChI is InChI=1S/C23H16N6O3/c24-21(30)14-10-12-4-3-5-13-19(25-7-9-29(14)20(12)13)18-17(22(31)27-23(18)32)15-11-26-16-6-1-2-8-28(15)16/h1-9,11,14H,10H2,(H2,24,30)(H,27,31,32). The first kappa shape index (κ1) is 18.3. The average Bonchev–Trinajstić information content (AvgIpc) is 3.40. The molecule has 0 aliphatic carbocycles. The largest absolute Gasteiger partial charge is 0.368 e. The summed E-state index contributed by atoms with van der Waals surface area (Å²) in [6, 6.07) is 10.5. The summed E-state index contributed by atoms with van der Waals surface area (Å²) in [5.41, 5.74) is 9.85. The summed E-state index contributed by atoms with van der Waals surface area (Å²) in [6.07, 6.45) is 7.02. The van der Waals surface area contributed by atoms with Gasteiger partial charge >= 0.3 is 0 Å². The molecule has 1 atom stereocenters. The Morgan fingerprint density at radius 1 is 1.09 bits per heavy atom. The Hall–Kier alpha value is -4.53. The molecule has 3 aliphatic rings. The Morgan fingerprint density at radius 3 is 2.78 bits per heavy atom. The number of carbonyl (C=O) groups is 3. The van der Waals surface area contributed by atoms with Crippen LogP contribution in [-0.2, 0) is 20.8 Å². The van der Waals surface area contributed by atoms with Gasteiger partial charge in [0.15, 0.2) is 0 Å². The maximum Gasteiger partial charge on any atom is 0.261 e. The summed E-state index contributed by atoms with van der Waals surface area (Å²) >= 11 is 0. The second-order valence-corrected chi connectivity index (χ2v) is 7.72. The number of primary amides is 1. The number of para-hydroxylation sites is 1. The summed E-state index contributed by atoms with van der Waals surface area (Å²) in [6.45, 7) is 0. The number of anilines is 1. The smallest absolute Gasteiger partial charge is 0.261 e. The third kappa shape index (κ3) is 2.41. The third-order valence-electron chi connectivity index (χ3n) is 5.98. The Labute approximate surface area is 181 Å². The molecule has 3 N–H and O–H groups in total. The van der Waals surface area contributed by atoms with Crippen molar-refractivity contribution in [2.45, 2.75) is 12.5 Å². The van der Waals surface area contributed by atoms with Gasteiger partial charge in [0.2, 0.25) is 5.91 Å². The number of carbonyl (C=O) groups excluding carboxylic acids is 3.